The fourth-order valence-corrected chi connectivity index (χ4v) is 2.98. The van der Waals surface area contributed by atoms with Crippen LogP contribution >= 0.6 is 0 Å². The van der Waals surface area contributed by atoms with Gasteiger partial charge in [0.1, 0.15) is 13.2 Å². The number of aliphatic hydroxyl groups excluding tert-OH is 1. The van der Waals surface area contributed by atoms with E-state index in [1.807, 2.05) is 18.2 Å². The summed E-state index contributed by atoms with van der Waals surface area (Å²) in [4.78, 5) is 4.77. The van der Waals surface area contributed by atoms with E-state index in [2.05, 4.69) is 11.4 Å². The van der Waals surface area contributed by atoms with E-state index in [-0.39, 0.29) is 6.61 Å². The number of benzene rings is 1. The van der Waals surface area contributed by atoms with Gasteiger partial charge in [0.05, 0.1) is 23.7 Å². The van der Waals surface area contributed by atoms with E-state index in [0.29, 0.717) is 19.0 Å². The second-order valence-electron chi connectivity index (χ2n) is 5.53. The van der Waals surface area contributed by atoms with Gasteiger partial charge in [-0.1, -0.05) is 0 Å². The van der Waals surface area contributed by atoms with Crippen molar-refractivity contribution < 1.29 is 14.6 Å². The van der Waals surface area contributed by atoms with E-state index in [1.165, 1.54) is 0 Å². The first-order valence-electron chi connectivity index (χ1n) is 7.63. The minimum Gasteiger partial charge on any atom is -0.486 e. The number of hydrogen-bond acceptors (Lipinski definition) is 5. The van der Waals surface area contributed by atoms with E-state index in [9.17, 15) is 5.11 Å². The second kappa shape index (κ2) is 5.50. The van der Waals surface area contributed by atoms with Gasteiger partial charge in [-0.2, -0.15) is 0 Å². The zero-order valence-corrected chi connectivity index (χ0v) is 12.3. The number of fused-ring (bicyclic) bond motifs is 2. The Bertz CT molecular complexity index is 715. The summed E-state index contributed by atoms with van der Waals surface area (Å²) in [6, 6.07) is 7.82. The minimum atomic E-state index is -0.0526. The molecule has 2 N–H and O–H groups in total. The van der Waals surface area contributed by atoms with E-state index < -0.39 is 0 Å². The third-order valence-electron chi connectivity index (χ3n) is 4.09. The van der Waals surface area contributed by atoms with Crippen LogP contribution in [0.15, 0.2) is 24.3 Å². The van der Waals surface area contributed by atoms with Gasteiger partial charge in [-0.3, -0.25) is 4.98 Å². The number of nitrogens with zero attached hydrogens (tertiary/aromatic N) is 1. The van der Waals surface area contributed by atoms with Crippen molar-refractivity contribution in [1.29, 1.82) is 0 Å². The highest BCUT2D eigenvalue weighted by atomic mass is 16.6. The molecule has 22 heavy (non-hydrogen) atoms. The lowest BCUT2D eigenvalue weighted by atomic mass is 10.0. The highest BCUT2D eigenvalue weighted by Crippen LogP contribution is 2.37. The molecule has 2 aromatic rings. The third kappa shape index (κ3) is 2.27. The van der Waals surface area contributed by atoms with Gasteiger partial charge < -0.3 is 19.9 Å². The number of aliphatic hydroxyl groups is 1. The van der Waals surface area contributed by atoms with Crippen LogP contribution in [0, 0.1) is 0 Å². The zero-order valence-electron chi connectivity index (χ0n) is 12.3. The number of aromatic nitrogens is 1. The van der Waals surface area contributed by atoms with Crippen LogP contribution in [0.4, 0.5) is 5.69 Å². The van der Waals surface area contributed by atoms with Crippen LogP contribution in [0.3, 0.4) is 0 Å². The topological polar surface area (TPSA) is 63.6 Å². The van der Waals surface area contributed by atoms with Crippen LogP contribution in [0.2, 0.25) is 0 Å². The van der Waals surface area contributed by atoms with Crippen molar-refractivity contribution in [3.63, 3.8) is 0 Å². The molecule has 0 aliphatic carbocycles. The Morgan fingerprint density at radius 1 is 1.14 bits per heavy atom. The summed E-state index contributed by atoms with van der Waals surface area (Å²) in [6.07, 6.45) is 2.08. The summed E-state index contributed by atoms with van der Waals surface area (Å²) in [6.45, 7) is 2.04. The van der Waals surface area contributed by atoms with Crippen molar-refractivity contribution in [2.75, 3.05) is 25.1 Å². The van der Waals surface area contributed by atoms with Gasteiger partial charge in [-0.25, -0.2) is 0 Å². The van der Waals surface area contributed by atoms with Crippen molar-refractivity contribution in [2.24, 2.45) is 0 Å². The molecule has 0 radical (unpaired) electrons. The predicted octanol–water partition coefficient (Wildman–Crippen LogP) is 2.37. The molecule has 3 heterocycles. The number of rotatable bonds is 2. The molecule has 1 aromatic heterocycles. The fraction of sp³-hybridized carbons (Fsp3) is 0.353. The Labute approximate surface area is 128 Å². The molecule has 4 rings (SSSR count). The van der Waals surface area contributed by atoms with Crippen LogP contribution in [0.25, 0.3) is 11.3 Å². The van der Waals surface area contributed by atoms with Gasteiger partial charge in [-0.05, 0) is 42.7 Å². The molecule has 0 atom stereocenters. The fourth-order valence-electron chi connectivity index (χ4n) is 2.98. The Morgan fingerprint density at radius 3 is 2.77 bits per heavy atom. The summed E-state index contributed by atoms with van der Waals surface area (Å²) in [5.74, 6) is 1.41. The van der Waals surface area contributed by atoms with Crippen molar-refractivity contribution >= 4 is 5.69 Å². The van der Waals surface area contributed by atoms with E-state index in [4.69, 9.17) is 14.5 Å². The lowest BCUT2D eigenvalue weighted by Gasteiger charge is -2.22. The van der Waals surface area contributed by atoms with Crippen molar-refractivity contribution in [3.05, 3.63) is 35.5 Å². The Hall–Kier alpha value is -2.27. The van der Waals surface area contributed by atoms with Crippen molar-refractivity contribution in [3.8, 4) is 22.8 Å². The number of ether oxygens (including phenoxy) is 2. The minimum absolute atomic E-state index is 0.0526. The molecule has 0 unspecified atom stereocenters. The van der Waals surface area contributed by atoms with Crippen LogP contribution < -0.4 is 14.8 Å². The van der Waals surface area contributed by atoms with Gasteiger partial charge >= 0.3 is 0 Å². The highest BCUT2D eigenvalue weighted by Gasteiger charge is 2.18. The molecule has 5 nitrogen and oxygen atoms in total. The molecule has 5 heteroatoms. The average molecular weight is 298 g/mol. The van der Waals surface area contributed by atoms with Gasteiger partial charge in [0.2, 0.25) is 0 Å². The lowest BCUT2D eigenvalue weighted by molar-refractivity contribution is 0.171. The Kier molecular flexibility index (Phi) is 3.35. The molecule has 114 valence electrons. The van der Waals surface area contributed by atoms with Crippen LogP contribution in [0.5, 0.6) is 11.5 Å². The smallest absolute Gasteiger partial charge is 0.162 e. The molecular formula is C17H18N2O3. The predicted molar refractivity (Wildman–Crippen MR) is 83.4 cm³/mol. The normalized spacial score (nSPS) is 15.9. The number of aryl methyl sites for hydroxylation is 1. The Balaban J connectivity index is 1.81. The van der Waals surface area contributed by atoms with Gasteiger partial charge in [0, 0.05) is 12.1 Å². The maximum Gasteiger partial charge on any atom is 0.162 e. The van der Waals surface area contributed by atoms with E-state index in [0.717, 1.165) is 53.3 Å². The summed E-state index contributed by atoms with van der Waals surface area (Å²) in [7, 11) is 0. The first kappa shape index (κ1) is 13.4. The molecule has 0 fully saturated rings. The SMILES string of the molecule is OCc1cc2c(cc1-c1ccc3c(n1)CCCN3)OCCO2. The zero-order chi connectivity index (χ0) is 14.9. The molecule has 2 aliphatic heterocycles. The van der Waals surface area contributed by atoms with Crippen LogP contribution in [-0.4, -0.2) is 29.8 Å². The first-order valence-corrected chi connectivity index (χ1v) is 7.63. The van der Waals surface area contributed by atoms with Gasteiger partial charge in [-0.15, -0.1) is 0 Å². The Morgan fingerprint density at radius 2 is 1.95 bits per heavy atom. The molecule has 0 bridgehead atoms. The van der Waals surface area contributed by atoms with Gasteiger partial charge in [0.15, 0.2) is 11.5 Å². The quantitative estimate of drug-likeness (QED) is 0.891. The first-order chi connectivity index (χ1) is 10.8. The van der Waals surface area contributed by atoms with Gasteiger partial charge in [0.25, 0.3) is 0 Å². The monoisotopic (exact) mass is 298 g/mol. The molecule has 2 aliphatic rings. The molecular weight excluding hydrogens is 280 g/mol. The standard InChI is InChI=1S/C17H18N2O3/c20-10-11-8-16-17(22-7-6-21-16)9-12(11)13-3-4-14-15(19-13)2-1-5-18-14/h3-4,8-9,18,20H,1-2,5-7,10H2. The van der Waals surface area contributed by atoms with E-state index >= 15 is 0 Å². The molecule has 0 saturated heterocycles. The second-order valence-corrected chi connectivity index (χ2v) is 5.53. The number of pyridine rings is 1. The summed E-state index contributed by atoms with van der Waals surface area (Å²) >= 11 is 0. The maximum absolute atomic E-state index is 9.68. The maximum atomic E-state index is 9.68. The summed E-state index contributed by atoms with van der Waals surface area (Å²) in [5.41, 5.74) is 4.77. The van der Waals surface area contributed by atoms with Crippen LogP contribution in [0.1, 0.15) is 17.7 Å². The van der Waals surface area contributed by atoms with Crippen molar-refractivity contribution in [2.45, 2.75) is 19.4 Å². The average Bonchev–Trinajstić information content (AvgIpc) is 2.60. The molecule has 1 aromatic carbocycles. The largest absolute Gasteiger partial charge is 0.486 e. The number of anilines is 1. The number of hydrogen-bond donors (Lipinski definition) is 2. The lowest BCUT2D eigenvalue weighted by Crippen LogP contribution is -2.16. The molecule has 0 spiro atoms. The van der Waals surface area contributed by atoms with Crippen LogP contribution in [-0.2, 0) is 13.0 Å². The highest BCUT2D eigenvalue weighted by molar-refractivity contribution is 5.70. The van der Waals surface area contributed by atoms with Crippen molar-refractivity contribution in [1.82, 2.24) is 4.98 Å². The third-order valence-corrected chi connectivity index (χ3v) is 4.09. The summed E-state index contributed by atoms with van der Waals surface area (Å²) < 4.78 is 11.2. The molecule has 0 saturated carbocycles. The summed E-state index contributed by atoms with van der Waals surface area (Å²) in [5, 5.41) is 13.0. The van der Waals surface area contributed by atoms with E-state index in [1.54, 1.807) is 0 Å². The number of nitrogens with one attached hydrogen (secondary N) is 1. The molecule has 0 amide bonds.